The number of hydrogen-bond acceptors (Lipinski definition) is 3. The van der Waals surface area contributed by atoms with Crippen molar-refractivity contribution in [1.82, 2.24) is 4.98 Å². The van der Waals surface area contributed by atoms with Crippen molar-refractivity contribution in [3.63, 3.8) is 0 Å². The molecule has 0 fully saturated rings. The standard InChI is InChI=1S/C16H14ClNO2/c1-9-6-7-12(10(2)18-9)15(19)14-8-11-4-3-5-13(17)16(11)20-14/h3-8,15,19H,1-2H3. The Hall–Kier alpha value is -1.84. The summed E-state index contributed by atoms with van der Waals surface area (Å²) in [7, 11) is 0. The summed E-state index contributed by atoms with van der Waals surface area (Å²) >= 11 is 6.09. The monoisotopic (exact) mass is 287 g/mol. The molecule has 20 heavy (non-hydrogen) atoms. The quantitative estimate of drug-likeness (QED) is 0.769. The van der Waals surface area contributed by atoms with Crippen molar-refractivity contribution in [1.29, 1.82) is 0 Å². The Morgan fingerprint density at radius 3 is 2.70 bits per heavy atom. The van der Waals surface area contributed by atoms with E-state index < -0.39 is 6.10 Å². The van der Waals surface area contributed by atoms with Crippen molar-refractivity contribution in [2.45, 2.75) is 20.0 Å². The maximum Gasteiger partial charge on any atom is 0.153 e. The highest BCUT2D eigenvalue weighted by Gasteiger charge is 2.19. The van der Waals surface area contributed by atoms with E-state index in [4.69, 9.17) is 16.0 Å². The molecule has 2 heterocycles. The predicted molar refractivity (Wildman–Crippen MR) is 79.0 cm³/mol. The lowest BCUT2D eigenvalue weighted by Gasteiger charge is -2.11. The fourth-order valence-corrected chi connectivity index (χ4v) is 2.54. The Labute approximate surface area is 121 Å². The molecule has 0 radical (unpaired) electrons. The van der Waals surface area contributed by atoms with E-state index in [2.05, 4.69) is 4.98 Å². The highest BCUT2D eigenvalue weighted by molar-refractivity contribution is 6.34. The van der Waals surface area contributed by atoms with Crippen LogP contribution in [-0.4, -0.2) is 10.1 Å². The number of fused-ring (bicyclic) bond motifs is 1. The van der Waals surface area contributed by atoms with Gasteiger partial charge in [-0.25, -0.2) is 0 Å². The third kappa shape index (κ3) is 2.19. The maximum absolute atomic E-state index is 10.5. The average molecular weight is 288 g/mol. The summed E-state index contributed by atoms with van der Waals surface area (Å²) in [6, 6.07) is 11.1. The van der Waals surface area contributed by atoms with Crippen LogP contribution < -0.4 is 0 Å². The lowest BCUT2D eigenvalue weighted by Crippen LogP contribution is -2.03. The van der Waals surface area contributed by atoms with Crippen LogP contribution in [0.3, 0.4) is 0 Å². The van der Waals surface area contributed by atoms with E-state index in [1.165, 1.54) is 0 Å². The van der Waals surface area contributed by atoms with Gasteiger partial charge >= 0.3 is 0 Å². The van der Waals surface area contributed by atoms with Crippen molar-refractivity contribution in [3.05, 3.63) is 64.1 Å². The van der Waals surface area contributed by atoms with E-state index in [0.717, 1.165) is 22.3 Å². The number of halogens is 1. The first-order valence-corrected chi connectivity index (χ1v) is 6.74. The predicted octanol–water partition coefficient (Wildman–Crippen LogP) is 4.18. The van der Waals surface area contributed by atoms with Crippen LogP contribution in [0.15, 0.2) is 40.8 Å². The number of nitrogens with zero attached hydrogens (tertiary/aromatic N) is 1. The van der Waals surface area contributed by atoms with Gasteiger partial charge in [-0.3, -0.25) is 4.98 Å². The zero-order chi connectivity index (χ0) is 14.3. The molecule has 0 aliphatic rings. The van der Waals surface area contributed by atoms with Crippen LogP contribution in [0.5, 0.6) is 0 Å². The zero-order valence-electron chi connectivity index (χ0n) is 11.2. The molecule has 0 saturated heterocycles. The lowest BCUT2D eigenvalue weighted by atomic mass is 10.1. The van der Waals surface area contributed by atoms with Gasteiger partial charge in [0.2, 0.25) is 0 Å². The van der Waals surface area contributed by atoms with Gasteiger partial charge < -0.3 is 9.52 Å². The molecule has 1 aromatic carbocycles. The van der Waals surface area contributed by atoms with E-state index >= 15 is 0 Å². The first-order chi connectivity index (χ1) is 9.56. The zero-order valence-corrected chi connectivity index (χ0v) is 12.0. The fraction of sp³-hybridized carbons (Fsp3) is 0.188. The third-order valence-corrected chi connectivity index (χ3v) is 3.64. The van der Waals surface area contributed by atoms with Crippen molar-refractivity contribution < 1.29 is 9.52 Å². The van der Waals surface area contributed by atoms with Crippen LogP contribution in [-0.2, 0) is 0 Å². The topological polar surface area (TPSA) is 46.3 Å². The number of aryl methyl sites for hydroxylation is 2. The Balaban J connectivity index is 2.08. The number of pyridine rings is 1. The molecule has 3 nitrogen and oxygen atoms in total. The van der Waals surface area contributed by atoms with Gasteiger partial charge in [-0.1, -0.05) is 29.8 Å². The van der Waals surface area contributed by atoms with Crippen molar-refractivity contribution in [3.8, 4) is 0 Å². The second-order valence-electron chi connectivity index (χ2n) is 4.84. The van der Waals surface area contributed by atoms with Gasteiger partial charge in [0, 0.05) is 22.3 Å². The number of para-hydroxylation sites is 1. The van der Waals surface area contributed by atoms with Crippen LogP contribution in [0.4, 0.5) is 0 Å². The highest BCUT2D eigenvalue weighted by Crippen LogP contribution is 2.32. The van der Waals surface area contributed by atoms with Gasteiger partial charge in [-0.05, 0) is 32.0 Å². The molecule has 0 spiro atoms. The molecule has 102 valence electrons. The normalized spacial score (nSPS) is 12.8. The summed E-state index contributed by atoms with van der Waals surface area (Å²) in [5, 5.41) is 11.9. The van der Waals surface area contributed by atoms with Gasteiger partial charge in [0.1, 0.15) is 11.9 Å². The van der Waals surface area contributed by atoms with E-state index in [1.54, 1.807) is 6.07 Å². The molecule has 4 heteroatoms. The Morgan fingerprint density at radius 2 is 2.00 bits per heavy atom. The van der Waals surface area contributed by atoms with Gasteiger partial charge in [0.15, 0.2) is 5.58 Å². The molecular weight excluding hydrogens is 274 g/mol. The molecule has 0 aliphatic heterocycles. The summed E-state index contributed by atoms with van der Waals surface area (Å²) in [6.45, 7) is 3.80. The SMILES string of the molecule is Cc1ccc(C(O)c2cc3cccc(Cl)c3o2)c(C)n1. The molecule has 3 aromatic rings. The molecule has 1 atom stereocenters. The average Bonchev–Trinajstić information content (AvgIpc) is 2.83. The number of rotatable bonds is 2. The van der Waals surface area contributed by atoms with Crippen molar-refractivity contribution in [2.75, 3.05) is 0 Å². The third-order valence-electron chi connectivity index (χ3n) is 3.35. The number of aliphatic hydroxyl groups excluding tert-OH is 1. The molecule has 2 aromatic heterocycles. The molecule has 0 bridgehead atoms. The smallest absolute Gasteiger partial charge is 0.153 e. The molecule has 0 amide bonds. The summed E-state index contributed by atoms with van der Waals surface area (Å²) in [5.74, 6) is 0.474. The van der Waals surface area contributed by atoms with Gasteiger partial charge in [-0.15, -0.1) is 0 Å². The number of benzene rings is 1. The molecular formula is C16H14ClNO2. The summed E-state index contributed by atoms with van der Waals surface area (Å²) < 4.78 is 5.69. The molecule has 1 unspecified atom stereocenters. The minimum Gasteiger partial charge on any atom is -0.456 e. The summed E-state index contributed by atoms with van der Waals surface area (Å²) in [5.41, 5.74) is 3.06. The summed E-state index contributed by atoms with van der Waals surface area (Å²) in [6.07, 6.45) is -0.841. The van der Waals surface area contributed by atoms with E-state index in [1.807, 2.05) is 44.2 Å². The second-order valence-corrected chi connectivity index (χ2v) is 5.24. The van der Waals surface area contributed by atoms with E-state index in [0.29, 0.717) is 16.4 Å². The van der Waals surface area contributed by atoms with Crippen LogP contribution in [0.25, 0.3) is 11.0 Å². The van der Waals surface area contributed by atoms with Crippen LogP contribution in [0, 0.1) is 13.8 Å². The van der Waals surface area contributed by atoms with E-state index in [-0.39, 0.29) is 0 Å². The second kappa shape index (κ2) is 4.93. The molecule has 3 rings (SSSR count). The maximum atomic E-state index is 10.5. The van der Waals surface area contributed by atoms with Crippen LogP contribution in [0.1, 0.15) is 28.8 Å². The molecule has 1 N–H and O–H groups in total. The van der Waals surface area contributed by atoms with Gasteiger partial charge in [0.05, 0.1) is 5.02 Å². The van der Waals surface area contributed by atoms with Gasteiger partial charge in [-0.2, -0.15) is 0 Å². The number of aromatic nitrogens is 1. The van der Waals surface area contributed by atoms with E-state index in [9.17, 15) is 5.11 Å². The van der Waals surface area contributed by atoms with Crippen LogP contribution >= 0.6 is 11.6 Å². The largest absolute Gasteiger partial charge is 0.456 e. The fourth-order valence-electron chi connectivity index (χ4n) is 2.32. The van der Waals surface area contributed by atoms with Gasteiger partial charge in [0.25, 0.3) is 0 Å². The number of hydrogen-bond donors (Lipinski definition) is 1. The first kappa shape index (κ1) is 13.2. The molecule has 0 saturated carbocycles. The molecule has 0 aliphatic carbocycles. The van der Waals surface area contributed by atoms with Crippen molar-refractivity contribution >= 4 is 22.6 Å². The first-order valence-electron chi connectivity index (χ1n) is 6.36. The Bertz CT molecular complexity index is 779. The number of furan rings is 1. The number of aliphatic hydroxyl groups is 1. The van der Waals surface area contributed by atoms with Crippen LogP contribution in [0.2, 0.25) is 5.02 Å². The highest BCUT2D eigenvalue weighted by atomic mass is 35.5. The Kier molecular flexibility index (Phi) is 3.24. The minimum atomic E-state index is -0.841. The Morgan fingerprint density at radius 1 is 1.20 bits per heavy atom. The van der Waals surface area contributed by atoms with Crippen molar-refractivity contribution in [2.24, 2.45) is 0 Å². The summed E-state index contributed by atoms with van der Waals surface area (Å²) in [4.78, 5) is 4.36. The minimum absolute atomic E-state index is 0.474. The lowest BCUT2D eigenvalue weighted by molar-refractivity contribution is 0.191.